The topological polar surface area (TPSA) is 43.4 Å². The zero-order valence-electron chi connectivity index (χ0n) is 22.4. The van der Waals surface area contributed by atoms with E-state index in [0.29, 0.717) is 17.5 Å². The molecule has 4 heteroatoms. The number of ether oxygens (including phenoxy) is 1. The lowest BCUT2D eigenvalue weighted by Crippen LogP contribution is -2.13. The summed E-state index contributed by atoms with van der Waals surface area (Å²) in [7, 11) is 0. The molecule has 0 fully saturated rings. The summed E-state index contributed by atoms with van der Waals surface area (Å²) in [6, 6.07) is 36.7. The van der Waals surface area contributed by atoms with Gasteiger partial charge in [0.25, 0.3) is 0 Å². The van der Waals surface area contributed by atoms with Crippen molar-refractivity contribution < 1.29 is 14.3 Å². The Morgan fingerprint density at radius 3 is 1.62 bits per heavy atom. The standard InChI is InChI=1S/C36H30O3S/c1-2-7-34(40-36(38)31-15-13-29-19-25-9-4-6-11-27(25)21-33(29)23-31)16-17-39-35(37)30-14-12-28-18-24-8-3-5-10-26(24)20-32(28)22-30/h3-6,8-15,18-23,34H,2,7,16-17H2,1H3/t34-/m1/s1. The molecule has 0 aliphatic heterocycles. The van der Waals surface area contributed by atoms with E-state index in [0.717, 1.165) is 45.2 Å². The SMILES string of the molecule is CCC[C@H](CCOC(=O)c1ccc2cc3ccccc3cc2c1)SC(=O)c1ccc2cc3ccccc3cc2c1. The molecule has 0 aromatic heterocycles. The largest absolute Gasteiger partial charge is 0.462 e. The second-order valence-corrected chi connectivity index (χ2v) is 11.5. The van der Waals surface area contributed by atoms with Crippen LogP contribution >= 0.6 is 11.8 Å². The number of rotatable bonds is 8. The van der Waals surface area contributed by atoms with Crippen molar-refractivity contribution in [3.63, 3.8) is 0 Å². The van der Waals surface area contributed by atoms with Crippen molar-refractivity contribution in [3.8, 4) is 0 Å². The Bertz CT molecular complexity index is 1870. The molecule has 6 aromatic carbocycles. The number of hydrogen-bond acceptors (Lipinski definition) is 4. The molecular weight excluding hydrogens is 512 g/mol. The van der Waals surface area contributed by atoms with Gasteiger partial charge >= 0.3 is 5.97 Å². The Hall–Kier alpha value is -4.15. The van der Waals surface area contributed by atoms with E-state index in [2.05, 4.69) is 55.5 Å². The Balaban J connectivity index is 1.10. The highest BCUT2D eigenvalue weighted by Crippen LogP contribution is 2.29. The maximum Gasteiger partial charge on any atom is 0.338 e. The number of carbonyl (C=O) groups is 2. The lowest BCUT2D eigenvalue weighted by molar-refractivity contribution is 0.0500. The fourth-order valence-electron chi connectivity index (χ4n) is 5.30. The van der Waals surface area contributed by atoms with Gasteiger partial charge in [-0.05, 0) is 104 Å². The van der Waals surface area contributed by atoms with Crippen molar-refractivity contribution in [1.29, 1.82) is 0 Å². The quantitative estimate of drug-likeness (QED) is 0.142. The van der Waals surface area contributed by atoms with Crippen LogP contribution in [0.1, 0.15) is 46.9 Å². The minimum atomic E-state index is -0.330. The highest BCUT2D eigenvalue weighted by atomic mass is 32.2. The number of thioether (sulfide) groups is 1. The number of fused-ring (bicyclic) bond motifs is 4. The molecule has 0 N–H and O–H groups in total. The van der Waals surface area contributed by atoms with Gasteiger partial charge in [0.15, 0.2) is 0 Å². The van der Waals surface area contributed by atoms with Gasteiger partial charge in [0.1, 0.15) is 0 Å². The molecule has 1 atom stereocenters. The molecule has 0 heterocycles. The van der Waals surface area contributed by atoms with Crippen LogP contribution in [-0.2, 0) is 4.74 Å². The molecule has 0 saturated carbocycles. The first kappa shape index (κ1) is 26.1. The van der Waals surface area contributed by atoms with Crippen LogP contribution in [0.5, 0.6) is 0 Å². The molecule has 6 aromatic rings. The van der Waals surface area contributed by atoms with Gasteiger partial charge < -0.3 is 4.74 Å². The minimum absolute atomic E-state index is 0.0570. The van der Waals surface area contributed by atoms with Crippen LogP contribution < -0.4 is 0 Å². The van der Waals surface area contributed by atoms with Gasteiger partial charge in [-0.25, -0.2) is 4.79 Å². The fourth-order valence-corrected chi connectivity index (χ4v) is 6.44. The van der Waals surface area contributed by atoms with Crippen molar-refractivity contribution in [2.45, 2.75) is 31.4 Å². The summed E-state index contributed by atoms with van der Waals surface area (Å²) < 4.78 is 5.66. The van der Waals surface area contributed by atoms with Crippen LogP contribution in [0.4, 0.5) is 0 Å². The molecule has 0 amide bonds. The highest BCUT2D eigenvalue weighted by molar-refractivity contribution is 8.14. The molecule has 0 radical (unpaired) electrons. The van der Waals surface area contributed by atoms with Crippen molar-refractivity contribution in [3.05, 3.63) is 120 Å². The monoisotopic (exact) mass is 542 g/mol. The predicted molar refractivity (Wildman–Crippen MR) is 168 cm³/mol. The van der Waals surface area contributed by atoms with Gasteiger partial charge in [-0.3, -0.25) is 4.79 Å². The van der Waals surface area contributed by atoms with Crippen LogP contribution in [-0.4, -0.2) is 22.9 Å². The second-order valence-electron chi connectivity index (χ2n) is 10.3. The van der Waals surface area contributed by atoms with E-state index in [1.165, 1.54) is 22.5 Å². The Morgan fingerprint density at radius 1 is 0.600 bits per heavy atom. The molecule has 0 aliphatic carbocycles. The average molecular weight is 543 g/mol. The molecule has 0 aliphatic rings. The van der Waals surface area contributed by atoms with Crippen LogP contribution in [0.25, 0.3) is 43.1 Å². The molecule has 198 valence electrons. The maximum absolute atomic E-state index is 13.2. The molecule has 0 bridgehead atoms. The molecule has 0 spiro atoms. The lowest BCUT2D eigenvalue weighted by atomic mass is 10.0. The third kappa shape index (κ3) is 5.59. The van der Waals surface area contributed by atoms with Gasteiger partial charge in [0.2, 0.25) is 5.12 Å². The van der Waals surface area contributed by atoms with E-state index < -0.39 is 0 Å². The van der Waals surface area contributed by atoms with E-state index in [1.807, 2.05) is 60.7 Å². The van der Waals surface area contributed by atoms with Crippen LogP contribution in [0.3, 0.4) is 0 Å². The van der Waals surface area contributed by atoms with Crippen LogP contribution in [0.2, 0.25) is 0 Å². The van der Waals surface area contributed by atoms with Crippen molar-refractivity contribution in [1.82, 2.24) is 0 Å². The van der Waals surface area contributed by atoms with Crippen molar-refractivity contribution in [2.24, 2.45) is 0 Å². The highest BCUT2D eigenvalue weighted by Gasteiger charge is 2.18. The summed E-state index contributed by atoms with van der Waals surface area (Å²) in [6.07, 6.45) is 2.48. The van der Waals surface area contributed by atoms with E-state index in [1.54, 1.807) is 0 Å². The molecule has 6 rings (SSSR count). The third-order valence-corrected chi connectivity index (χ3v) is 8.69. The maximum atomic E-state index is 13.2. The molecule has 3 nitrogen and oxygen atoms in total. The summed E-state index contributed by atoms with van der Waals surface area (Å²) in [6.45, 7) is 2.40. The van der Waals surface area contributed by atoms with E-state index in [-0.39, 0.29) is 22.9 Å². The van der Waals surface area contributed by atoms with E-state index in [9.17, 15) is 9.59 Å². The normalized spacial score (nSPS) is 12.2. The number of benzene rings is 6. The number of hydrogen-bond donors (Lipinski definition) is 0. The Labute approximate surface area is 238 Å². The molecule has 40 heavy (non-hydrogen) atoms. The summed E-state index contributed by atoms with van der Waals surface area (Å²) in [5.41, 5.74) is 1.25. The third-order valence-electron chi connectivity index (χ3n) is 7.44. The predicted octanol–water partition coefficient (Wildman–Crippen LogP) is 9.59. The molecular formula is C36H30O3S. The zero-order valence-corrected chi connectivity index (χ0v) is 23.2. The summed E-state index contributed by atoms with van der Waals surface area (Å²) >= 11 is 1.35. The number of esters is 1. The Morgan fingerprint density at radius 2 is 1.07 bits per heavy atom. The lowest BCUT2D eigenvalue weighted by Gasteiger charge is -2.15. The first-order valence-corrected chi connectivity index (χ1v) is 14.7. The second kappa shape index (κ2) is 11.5. The van der Waals surface area contributed by atoms with Gasteiger partial charge in [-0.1, -0.05) is 85.8 Å². The van der Waals surface area contributed by atoms with Gasteiger partial charge in [-0.2, -0.15) is 0 Å². The van der Waals surface area contributed by atoms with Gasteiger partial charge in [0.05, 0.1) is 12.2 Å². The smallest absolute Gasteiger partial charge is 0.338 e. The first-order chi connectivity index (χ1) is 19.6. The van der Waals surface area contributed by atoms with Crippen molar-refractivity contribution in [2.75, 3.05) is 6.61 Å². The zero-order chi connectivity index (χ0) is 27.5. The molecule has 0 unspecified atom stereocenters. The Kier molecular flexibility index (Phi) is 7.52. The summed E-state index contributed by atoms with van der Waals surface area (Å²) in [5.74, 6) is -0.330. The fraction of sp³-hybridized carbons (Fsp3) is 0.167. The first-order valence-electron chi connectivity index (χ1n) is 13.8. The number of carbonyl (C=O) groups excluding carboxylic acids is 2. The van der Waals surface area contributed by atoms with E-state index in [4.69, 9.17) is 4.74 Å². The van der Waals surface area contributed by atoms with Crippen LogP contribution in [0, 0.1) is 0 Å². The molecule has 0 saturated heterocycles. The van der Waals surface area contributed by atoms with Gasteiger partial charge in [0, 0.05) is 10.8 Å². The summed E-state index contributed by atoms with van der Waals surface area (Å²) in [5, 5.41) is 9.11. The van der Waals surface area contributed by atoms with Crippen LogP contribution in [0.15, 0.2) is 109 Å². The summed E-state index contributed by atoms with van der Waals surface area (Å²) in [4.78, 5) is 26.1. The van der Waals surface area contributed by atoms with Gasteiger partial charge in [-0.15, -0.1) is 0 Å². The van der Waals surface area contributed by atoms with Crippen molar-refractivity contribution >= 4 is 65.9 Å². The average Bonchev–Trinajstić information content (AvgIpc) is 2.98. The minimum Gasteiger partial charge on any atom is -0.462 e. The van der Waals surface area contributed by atoms with E-state index >= 15 is 0 Å².